The minimum atomic E-state index is 0.729. The molecule has 1 saturated heterocycles. The quantitative estimate of drug-likeness (QED) is 0.589. The van der Waals surface area contributed by atoms with Crippen LogP contribution in [0.15, 0.2) is 12.2 Å². The zero-order chi connectivity index (χ0) is 9.52. The summed E-state index contributed by atoms with van der Waals surface area (Å²) < 4.78 is 0. The molecule has 1 fully saturated rings. The average molecular weight is 181 g/mol. The molecule has 1 atom stereocenters. The van der Waals surface area contributed by atoms with Crippen LogP contribution in [0.25, 0.3) is 0 Å². The molecular formula is C12H23N. The molecule has 0 spiro atoms. The standard InChI is InChI=1S/C12H23N/c1-3-5-9-12(8-4-2)13-10-6-7-11-13/h4,8,12H,3,5-7,9-11H2,1-2H3. The van der Waals surface area contributed by atoms with E-state index in [0.29, 0.717) is 0 Å². The van der Waals surface area contributed by atoms with Crippen molar-refractivity contribution < 1.29 is 0 Å². The van der Waals surface area contributed by atoms with Crippen molar-refractivity contribution in [2.75, 3.05) is 13.1 Å². The summed E-state index contributed by atoms with van der Waals surface area (Å²) >= 11 is 0. The lowest BCUT2D eigenvalue weighted by Gasteiger charge is -2.24. The highest BCUT2D eigenvalue weighted by atomic mass is 15.2. The number of nitrogens with zero attached hydrogens (tertiary/aromatic N) is 1. The van der Waals surface area contributed by atoms with Gasteiger partial charge in [0.25, 0.3) is 0 Å². The van der Waals surface area contributed by atoms with Gasteiger partial charge >= 0.3 is 0 Å². The van der Waals surface area contributed by atoms with Gasteiger partial charge in [0.15, 0.2) is 0 Å². The number of hydrogen-bond donors (Lipinski definition) is 0. The summed E-state index contributed by atoms with van der Waals surface area (Å²) in [6, 6.07) is 0.729. The molecule has 0 N–H and O–H groups in total. The fourth-order valence-electron chi connectivity index (χ4n) is 2.11. The smallest absolute Gasteiger partial charge is 0.0278 e. The van der Waals surface area contributed by atoms with Crippen LogP contribution in [0.3, 0.4) is 0 Å². The van der Waals surface area contributed by atoms with Gasteiger partial charge in [-0.2, -0.15) is 0 Å². The first-order valence-corrected chi connectivity index (χ1v) is 5.75. The SMILES string of the molecule is CC=CC(CCCC)N1CCCC1. The maximum absolute atomic E-state index is 2.63. The highest BCUT2D eigenvalue weighted by molar-refractivity contribution is 4.93. The highest BCUT2D eigenvalue weighted by Gasteiger charge is 2.18. The zero-order valence-electron chi connectivity index (χ0n) is 9.13. The summed E-state index contributed by atoms with van der Waals surface area (Å²) in [5.74, 6) is 0. The molecule has 0 amide bonds. The van der Waals surface area contributed by atoms with Gasteiger partial charge in [-0.15, -0.1) is 0 Å². The summed E-state index contributed by atoms with van der Waals surface area (Å²) in [5, 5.41) is 0. The van der Waals surface area contributed by atoms with E-state index in [0.717, 1.165) is 6.04 Å². The summed E-state index contributed by atoms with van der Waals surface area (Å²) in [5.41, 5.74) is 0. The van der Waals surface area contributed by atoms with Crippen LogP contribution in [0.5, 0.6) is 0 Å². The Kier molecular flexibility index (Phi) is 5.14. The van der Waals surface area contributed by atoms with E-state index in [4.69, 9.17) is 0 Å². The van der Waals surface area contributed by atoms with Crippen LogP contribution in [-0.4, -0.2) is 24.0 Å². The molecule has 0 aromatic heterocycles. The Bertz CT molecular complexity index is 145. The van der Waals surface area contributed by atoms with Gasteiger partial charge in [-0.3, -0.25) is 4.90 Å². The van der Waals surface area contributed by atoms with Crippen molar-refractivity contribution in [3.63, 3.8) is 0 Å². The fraction of sp³-hybridized carbons (Fsp3) is 0.833. The van der Waals surface area contributed by atoms with Crippen LogP contribution in [-0.2, 0) is 0 Å². The number of rotatable bonds is 5. The molecule has 1 rings (SSSR count). The van der Waals surface area contributed by atoms with Gasteiger partial charge in [0.2, 0.25) is 0 Å². The second-order valence-corrected chi connectivity index (χ2v) is 3.98. The molecule has 1 unspecified atom stereocenters. The van der Waals surface area contributed by atoms with Crippen molar-refractivity contribution in [3.8, 4) is 0 Å². The monoisotopic (exact) mass is 181 g/mol. The Balaban J connectivity index is 2.35. The predicted molar refractivity (Wildman–Crippen MR) is 58.9 cm³/mol. The Morgan fingerprint density at radius 3 is 2.54 bits per heavy atom. The molecule has 0 aromatic rings. The van der Waals surface area contributed by atoms with Gasteiger partial charge in [0, 0.05) is 6.04 Å². The van der Waals surface area contributed by atoms with E-state index in [1.54, 1.807) is 0 Å². The lowest BCUT2D eigenvalue weighted by Crippen LogP contribution is -2.30. The van der Waals surface area contributed by atoms with E-state index >= 15 is 0 Å². The Hall–Kier alpha value is -0.300. The summed E-state index contributed by atoms with van der Waals surface area (Å²) in [4.78, 5) is 2.63. The number of likely N-dealkylation sites (tertiary alicyclic amines) is 1. The molecule has 1 heteroatoms. The van der Waals surface area contributed by atoms with Crippen molar-refractivity contribution in [1.29, 1.82) is 0 Å². The molecule has 76 valence electrons. The highest BCUT2D eigenvalue weighted by Crippen LogP contribution is 2.17. The van der Waals surface area contributed by atoms with E-state index in [1.807, 2.05) is 0 Å². The third-order valence-electron chi connectivity index (χ3n) is 2.88. The van der Waals surface area contributed by atoms with Crippen molar-refractivity contribution >= 4 is 0 Å². The van der Waals surface area contributed by atoms with Crippen molar-refractivity contribution in [3.05, 3.63) is 12.2 Å². The molecule has 1 heterocycles. The van der Waals surface area contributed by atoms with Gasteiger partial charge in [0.05, 0.1) is 0 Å². The first kappa shape index (κ1) is 10.8. The molecule has 0 radical (unpaired) electrons. The second-order valence-electron chi connectivity index (χ2n) is 3.98. The van der Waals surface area contributed by atoms with E-state index in [2.05, 4.69) is 30.9 Å². The summed E-state index contributed by atoms with van der Waals surface area (Å²) in [6.07, 6.45) is 11.4. The van der Waals surface area contributed by atoms with E-state index in [1.165, 1.54) is 45.2 Å². The molecule has 1 aliphatic heterocycles. The van der Waals surface area contributed by atoms with Crippen molar-refractivity contribution in [2.24, 2.45) is 0 Å². The van der Waals surface area contributed by atoms with E-state index in [9.17, 15) is 0 Å². The first-order chi connectivity index (χ1) is 6.38. The van der Waals surface area contributed by atoms with Gasteiger partial charge in [-0.1, -0.05) is 31.9 Å². The molecular weight excluding hydrogens is 158 g/mol. The van der Waals surface area contributed by atoms with Crippen LogP contribution in [0, 0.1) is 0 Å². The molecule has 1 aliphatic rings. The fourth-order valence-corrected chi connectivity index (χ4v) is 2.11. The van der Waals surface area contributed by atoms with Gasteiger partial charge in [-0.25, -0.2) is 0 Å². The summed E-state index contributed by atoms with van der Waals surface area (Å²) in [7, 11) is 0. The summed E-state index contributed by atoms with van der Waals surface area (Å²) in [6.45, 7) is 7.04. The average Bonchev–Trinajstić information content (AvgIpc) is 2.65. The molecule has 0 aliphatic carbocycles. The maximum Gasteiger partial charge on any atom is 0.0278 e. The molecule has 13 heavy (non-hydrogen) atoms. The van der Waals surface area contributed by atoms with Crippen molar-refractivity contribution in [1.82, 2.24) is 4.90 Å². The Morgan fingerprint density at radius 1 is 1.31 bits per heavy atom. The van der Waals surface area contributed by atoms with Crippen LogP contribution in [0.1, 0.15) is 46.0 Å². The third-order valence-corrected chi connectivity index (χ3v) is 2.88. The minimum Gasteiger partial charge on any atom is -0.297 e. The van der Waals surface area contributed by atoms with Gasteiger partial charge in [-0.05, 0) is 39.3 Å². The number of allylic oxidation sites excluding steroid dienone is 1. The van der Waals surface area contributed by atoms with Gasteiger partial charge < -0.3 is 0 Å². The maximum atomic E-state index is 2.63. The van der Waals surface area contributed by atoms with Crippen LogP contribution in [0.2, 0.25) is 0 Å². The van der Waals surface area contributed by atoms with Crippen LogP contribution >= 0.6 is 0 Å². The lowest BCUT2D eigenvalue weighted by atomic mass is 10.1. The predicted octanol–water partition coefficient (Wildman–Crippen LogP) is 3.22. The van der Waals surface area contributed by atoms with Gasteiger partial charge in [0.1, 0.15) is 0 Å². The topological polar surface area (TPSA) is 3.24 Å². The largest absolute Gasteiger partial charge is 0.297 e. The number of hydrogen-bond acceptors (Lipinski definition) is 1. The molecule has 0 saturated carbocycles. The minimum absolute atomic E-state index is 0.729. The van der Waals surface area contributed by atoms with Crippen molar-refractivity contribution in [2.45, 2.75) is 52.0 Å². The first-order valence-electron chi connectivity index (χ1n) is 5.75. The van der Waals surface area contributed by atoms with Crippen LogP contribution in [0.4, 0.5) is 0 Å². The molecule has 0 bridgehead atoms. The normalized spacial score (nSPS) is 21.4. The van der Waals surface area contributed by atoms with Crippen LogP contribution < -0.4 is 0 Å². The number of unbranched alkanes of at least 4 members (excludes halogenated alkanes) is 1. The zero-order valence-corrected chi connectivity index (χ0v) is 9.13. The van der Waals surface area contributed by atoms with E-state index < -0.39 is 0 Å². The lowest BCUT2D eigenvalue weighted by molar-refractivity contribution is 0.268. The molecule has 0 aromatic carbocycles. The second kappa shape index (κ2) is 6.20. The Labute approximate surface area is 82.8 Å². The van der Waals surface area contributed by atoms with E-state index in [-0.39, 0.29) is 0 Å². The molecule has 1 nitrogen and oxygen atoms in total. The Morgan fingerprint density at radius 2 is 2.00 bits per heavy atom. The third kappa shape index (κ3) is 3.51.